The molecule has 2 aromatic rings. The SMILES string of the molecule is Cc1c(CNC(=O)c2cc(Br)ccc2I)cnn1C. The molecule has 1 N–H and O–H groups in total. The maximum atomic E-state index is 12.1. The Kier molecular flexibility index (Phi) is 4.62. The first-order valence-electron chi connectivity index (χ1n) is 5.69. The highest BCUT2D eigenvalue weighted by Gasteiger charge is 2.11. The zero-order valence-electron chi connectivity index (χ0n) is 10.6. The van der Waals surface area contributed by atoms with Crippen LogP contribution in [0.3, 0.4) is 0 Å². The van der Waals surface area contributed by atoms with Crippen molar-refractivity contribution in [3.8, 4) is 0 Å². The van der Waals surface area contributed by atoms with Crippen molar-refractivity contribution in [3.05, 3.63) is 49.3 Å². The summed E-state index contributed by atoms with van der Waals surface area (Å²) in [7, 11) is 1.89. The summed E-state index contributed by atoms with van der Waals surface area (Å²) in [6, 6.07) is 5.66. The van der Waals surface area contributed by atoms with Gasteiger partial charge in [-0.1, -0.05) is 15.9 Å². The van der Waals surface area contributed by atoms with Crippen molar-refractivity contribution in [1.29, 1.82) is 0 Å². The van der Waals surface area contributed by atoms with Crippen LogP contribution in [0.5, 0.6) is 0 Å². The van der Waals surface area contributed by atoms with Gasteiger partial charge >= 0.3 is 0 Å². The van der Waals surface area contributed by atoms with Crippen LogP contribution in [-0.2, 0) is 13.6 Å². The number of nitrogens with one attached hydrogen (secondary N) is 1. The number of aryl methyl sites for hydroxylation is 1. The summed E-state index contributed by atoms with van der Waals surface area (Å²) in [5.74, 6) is -0.0750. The van der Waals surface area contributed by atoms with Gasteiger partial charge in [0.2, 0.25) is 0 Å². The largest absolute Gasteiger partial charge is 0.348 e. The van der Waals surface area contributed by atoms with E-state index in [0.717, 1.165) is 19.3 Å². The molecule has 1 aromatic heterocycles. The summed E-state index contributed by atoms with van der Waals surface area (Å²) in [6.45, 7) is 2.47. The van der Waals surface area contributed by atoms with E-state index in [1.807, 2.05) is 32.2 Å². The summed E-state index contributed by atoms with van der Waals surface area (Å²) < 4.78 is 3.63. The minimum atomic E-state index is -0.0750. The Morgan fingerprint density at radius 1 is 1.53 bits per heavy atom. The molecule has 0 unspecified atom stereocenters. The highest BCUT2D eigenvalue weighted by Crippen LogP contribution is 2.18. The molecule has 19 heavy (non-hydrogen) atoms. The molecule has 0 aliphatic carbocycles. The number of amides is 1. The fourth-order valence-corrected chi connectivity index (χ4v) is 2.60. The molecule has 0 atom stereocenters. The molecule has 100 valence electrons. The predicted molar refractivity (Wildman–Crippen MR) is 86.0 cm³/mol. The standard InChI is InChI=1S/C13H13BrIN3O/c1-8-9(7-17-18(8)2)6-16-13(19)11-5-10(14)3-4-12(11)15/h3-5,7H,6H2,1-2H3,(H,16,19). The normalized spacial score (nSPS) is 10.5. The van der Waals surface area contributed by atoms with Gasteiger partial charge in [-0.05, 0) is 47.7 Å². The summed E-state index contributed by atoms with van der Waals surface area (Å²) in [4.78, 5) is 12.1. The Morgan fingerprint density at radius 3 is 2.89 bits per heavy atom. The first kappa shape index (κ1) is 14.5. The number of carbonyl (C=O) groups is 1. The second-order valence-corrected chi connectivity index (χ2v) is 6.26. The fourth-order valence-electron chi connectivity index (χ4n) is 1.66. The molecular formula is C13H13BrIN3O. The molecule has 1 heterocycles. The van der Waals surface area contributed by atoms with Gasteiger partial charge in [0.25, 0.3) is 5.91 Å². The van der Waals surface area contributed by atoms with E-state index in [1.54, 1.807) is 10.9 Å². The van der Waals surface area contributed by atoms with E-state index in [0.29, 0.717) is 12.1 Å². The smallest absolute Gasteiger partial charge is 0.252 e. The van der Waals surface area contributed by atoms with E-state index in [-0.39, 0.29) is 5.91 Å². The van der Waals surface area contributed by atoms with Gasteiger partial charge < -0.3 is 5.32 Å². The Balaban J connectivity index is 2.09. The number of hydrogen-bond donors (Lipinski definition) is 1. The summed E-state index contributed by atoms with van der Waals surface area (Å²) in [5.41, 5.74) is 2.77. The van der Waals surface area contributed by atoms with E-state index in [1.165, 1.54) is 0 Å². The molecule has 0 aliphatic rings. The second-order valence-electron chi connectivity index (χ2n) is 4.19. The van der Waals surface area contributed by atoms with Gasteiger partial charge in [-0.15, -0.1) is 0 Å². The number of nitrogens with zero attached hydrogens (tertiary/aromatic N) is 2. The lowest BCUT2D eigenvalue weighted by atomic mass is 10.2. The van der Waals surface area contributed by atoms with Crippen LogP contribution in [0.1, 0.15) is 21.6 Å². The number of aromatic nitrogens is 2. The topological polar surface area (TPSA) is 46.9 Å². The van der Waals surface area contributed by atoms with Gasteiger partial charge in [-0.25, -0.2) is 0 Å². The van der Waals surface area contributed by atoms with E-state index in [2.05, 4.69) is 48.9 Å². The molecule has 0 saturated heterocycles. The number of halogens is 2. The summed E-state index contributed by atoms with van der Waals surface area (Å²) in [5, 5.41) is 7.07. The molecule has 4 nitrogen and oxygen atoms in total. The van der Waals surface area contributed by atoms with Crippen molar-refractivity contribution in [3.63, 3.8) is 0 Å². The van der Waals surface area contributed by atoms with Crippen molar-refractivity contribution in [2.24, 2.45) is 7.05 Å². The molecule has 6 heteroatoms. The van der Waals surface area contributed by atoms with Crippen LogP contribution < -0.4 is 5.32 Å². The fraction of sp³-hybridized carbons (Fsp3) is 0.231. The third-order valence-electron chi connectivity index (χ3n) is 2.95. The molecule has 0 bridgehead atoms. The van der Waals surface area contributed by atoms with Crippen molar-refractivity contribution in [1.82, 2.24) is 15.1 Å². The average Bonchev–Trinajstić information content (AvgIpc) is 2.70. The quantitative estimate of drug-likeness (QED) is 0.756. The van der Waals surface area contributed by atoms with Crippen LogP contribution in [0, 0.1) is 10.5 Å². The van der Waals surface area contributed by atoms with Crippen LogP contribution in [0.25, 0.3) is 0 Å². The number of benzene rings is 1. The van der Waals surface area contributed by atoms with E-state index >= 15 is 0 Å². The molecule has 0 aliphatic heterocycles. The summed E-state index contributed by atoms with van der Waals surface area (Å²) >= 11 is 5.54. The molecule has 1 amide bonds. The van der Waals surface area contributed by atoms with E-state index in [4.69, 9.17) is 0 Å². The van der Waals surface area contributed by atoms with Crippen LogP contribution in [0.2, 0.25) is 0 Å². The lowest BCUT2D eigenvalue weighted by molar-refractivity contribution is 0.0950. The monoisotopic (exact) mass is 433 g/mol. The molecular weight excluding hydrogens is 421 g/mol. The molecule has 2 rings (SSSR count). The van der Waals surface area contributed by atoms with Crippen molar-refractivity contribution in [2.75, 3.05) is 0 Å². The lowest BCUT2D eigenvalue weighted by Gasteiger charge is -2.07. The first-order chi connectivity index (χ1) is 8.99. The molecule has 0 radical (unpaired) electrons. The van der Waals surface area contributed by atoms with Crippen molar-refractivity contribution >= 4 is 44.4 Å². The van der Waals surface area contributed by atoms with Gasteiger partial charge in [-0.2, -0.15) is 5.10 Å². The molecule has 0 spiro atoms. The van der Waals surface area contributed by atoms with Gasteiger partial charge in [0.15, 0.2) is 0 Å². The third kappa shape index (κ3) is 3.36. The highest BCUT2D eigenvalue weighted by molar-refractivity contribution is 14.1. The van der Waals surface area contributed by atoms with Crippen LogP contribution in [-0.4, -0.2) is 15.7 Å². The Hall–Kier alpha value is -0.890. The molecule has 0 fully saturated rings. The minimum Gasteiger partial charge on any atom is -0.348 e. The van der Waals surface area contributed by atoms with E-state index < -0.39 is 0 Å². The second kappa shape index (κ2) is 6.04. The Bertz CT molecular complexity index is 624. The van der Waals surface area contributed by atoms with Gasteiger partial charge in [0.05, 0.1) is 11.8 Å². The zero-order chi connectivity index (χ0) is 14.0. The molecule has 1 aromatic carbocycles. The Labute approximate surface area is 133 Å². The van der Waals surface area contributed by atoms with Crippen LogP contribution >= 0.6 is 38.5 Å². The van der Waals surface area contributed by atoms with E-state index in [9.17, 15) is 4.79 Å². The van der Waals surface area contributed by atoms with Crippen molar-refractivity contribution < 1.29 is 4.79 Å². The first-order valence-corrected chi connectivity index (χ1v) is 7.57. The zero-order valence-corrected chi connectivity index (χ0v) is 14.3. The summed E-state index contributed by atoms with van der Waals surface area (Å²) in [6.07, 6.45) is 1.78. The maximum absolute atomic E-state index is 12.1. The van der Waals surface area contributed by atoms with Gasteiger partial charge in [-0.3, -0.25) is 9.48 Å². The highest BCUT2D eigenvalue weighted by atomic mass is 127. The number of hydrogen-bond acceptors (Lipinski definition) is 2. The van der Waals surface area contributed by atoms with Crippen LogP contribution in [0.4, 0.5) is 0 Å². The molecule has 0 saturated carbocycles. The van der Waals surface area contributed by atoms with Crippen molar-refractivity contribution in [2.45, 2.75) is 13.5 Å². The van der Waals surface area contributed by atoms with Gasteiger partial charge in [0, 0.05) is 32.9 Å². The maximum Gasteiger partial charge on any atom is 0.252 e. The minimum absolute atomic E-state index is 0.0750. The third-order valence-corrected chi connectivity index (χ3v) is 4.38. The number of carbonyl (C=O) groups excluding carboxylic acids is 1. The number of rotatable bonds is 3. The predicted octanol–water partition coefficient (Wildman–Crippen LogP) is 3.03. The average molecular weight is 434 g/mol. The lowest BCUT2D eigenvalue weighted by Crippen LogP contribution is -2.24. The Morgan fingerprint density at radius 2 is 2.26 bits per heavy atom. The van der Waals surface area contributed by atoms with Crippen LogP contribution in [0.15, 0.2) is 28.9 Å². The van der Waals surface area contributed by atoms with Gasteiger partial charge in [0.1, 0.15) is 0 Å².